The van der Waals surface area contributed by atoms with E-state index in [9.17, 15) is 17.6 Å². The Morgan fingerprint density at radius 1 is 0.840 bits per heavy atom. The average molecular weight is 350 g/mol. The number of benzene rings is 3. The van der Waals surface area contributed by atoms with Gasteiger partial charge in [0, 0.05) is 12.1 Å². The minimum absolute atomic E-state index is 0.0219. The summed E-state index contributed by atoms with van der Waals surface area (Å²) < 4.78 is 62.6. The second kappa shape index (κ2) is 7.01. The van der Waals surface area contributed by atoms with Gasteiger partial charge < -0.3 is 9.47 Å². The largest absolute Gasteiger partial charge is 0.494 e. The van der Waals surface area contributed by atoms with E-state index in [4.69, 9.17) is 4.74 Å². The minimum atomic E-state index is -2.91. The molecular weight excluding hydrogens is 336 g/mol. The summed E-state index contributed by atoms with van der Waals surface area (Å²) >= 11 is 0. The number of ether oxygens (including phenoxy) is 2. The number of fused-ring (bicyclic) bond motifs is 1. The molecule has 0 saturated heterocycles. The average Bonchev–Trinajstić information content (AvgIpc) is 2.54. The van der Waals surface area contributed by atoms with Gasteiger partial charge in [0.2, 0.25) is 0 Å². The maximum absolute atomic E-state index is 14.3. The molecule has 0 aliphatic heterocycles. The summed E-state index contributed by atoms with van der Waals surface area (Å²) in [4.78, 5) is 0. The van der Waals surface area contributed by atoms with Crippen LogP contribution >= 0.6 is 0 Å². The van der Waals surface area contributed by atoms with Crippen LogP contribution in [-0.2, 0) is 0 Å². The predicted molar refractivity (Wildman–Crippen MR) is 87.1 cm³/mol. The zero-order valence-electron chi connectivity index (χ0n) is 13.2. The molecule has 0 heterocycles. The van der Waals surface area contributed by atoms with Crippen molar-refractivity contribution in [2.75, 3.05) is 6.61 Å². The van der Waals surface area contributed by atoms with Gasteiger partial charge >= 0.3 is 6.61 Å². The quantitative estimate of drug-likeness (QED) is 0.543. The zero-order valence-corrected chi connectivity index (χ0v) is 13.2. The van der Waals surface area contributed by atoms with Gasteiger partial charge in [-0.2, -0.15) is 8.78 Å². The van der Waals surface area contributed by atoms with Gasteiger partial charge in [0.05, 0.1) is 12.2 Å². The molecule has 0 aromatic heterocycles. The molecular formula is C19H14F4O2. The molecule has 0 spiro atoms. The minimum Gasteiger partial charge on any atom is -0.494 e. The van der Waals surface area contributed by atoms with Crippen molar-refractivity contribution in [1.29, 1.82) is 0 Å². The number of hydrogen-bond donors (Lipinski definition) is 0. The molecule has 0 radical (unpaired) electrons. The van der Waals surface area contributed by atoms with Crippen molar-refractivity contribution in [3.8, 4) is 22.6 Å². The van der Waals surface area contributed by atoms with Gasteiger partial charge in [-0.1, -0.05) is 18.2 Å². The van der Waals surface area contributed by atoms with Crippen LogP contribution in [0.25, 0.3) is 21.9 Å². The van der Waals surface area contributed by atoms with Crippen LogP contribution in [0.2, 0.25) is 0 Å². The monoisotopic (exact) mass is 350 g/mol. The zero-order chi connectivity index (χ0) is 18.0. The Bertz CT molecular complexity index is 886. The van der Waals surface area contributed by atoms with Crippen LogP contribution in [0.1, 0.15) is 6.92 Å². The molecule has 25 heavy (non-hydrogen) atoms. The van der Waals surface area contributed by atoms with Crippen LogP contribution in [0.3, 0.4) is 0 Å². The van der Waals surface area contributed by atoms with E-state index < -0.39 is 18.2 Å². The van der Waals surface area contributed by atoms with Gasteiger partial charge in [0.25, 0.3) is 0 Å². The molecule has 130 valence electrons. The normalized spacial score (nSPS) is 11.1. The van der Waals surface area contributed by atoms with Crippen LogP contribution in [0.5, 0.6) is 11.5 Å². The third-order valence-corrected chi connectivity index (χ3v) is 3.65. The molecule has 3 aromatic rings. The van der Waals surface area contributed by atoms with Crippen molar-refractivity contribution in [1.82, 2.24) is 0 Å². The first kappa shape index (κ1) is 17.1. The summed E-state index contributed by atoms with van der Waals surface area (Å²) in [6, 6.07) is 11.3. The van der Waals surface area contributed by atoms with Crippen LogP contribution in [0.15, 0.2) is 48.5 Å². The van der Waals surface area contributed by atoms with Crippen molar-refractivity contribution in [3.05, 3.63) is 60.2 Å². The first-order valence-electron chi connectivity index (χ1n) is 7.58. The number of halogens is 4. The molecule has 0 aliphatic carbocycles. The fourth-order valence-electron chi connectivity index (χ4n) is 2.63. The highest BCUT2D eigenvalue weighted by Crippen LogP contribution is 2.32. The smallest absolute Gasteiger partial charge is 0.387 e. The molecule has 6 heteroatoms. The Balaban J connectivity index is 2.02. The number of alkyl halides is 2. The Hall–Kier alpha value is -2.76. The fourth-order valence-corrected chi connectivity index (χ4v) is 2.63. The lowest BCUT2D eigenvalue weighted by molar-refractivity contribution is -0.0497. The third-order valence-electron chi connectivity index (χ3n) is 3.65. The van der Waals surface area contributed by atoms with E-state index in [0.29, 0.717) is 22.9 Å². The molecule has 0 unspecified atom stereocenters. The second-order valence-corrected chi connectivity index (χ2v) is 5.30. The van der Waals surface area contributed by atoms with Crippen molar-refractivity contribution in [2.45, 2.75) is 13.5 Å². The van der Waals surface area contributed by atoms with E-state index in [2.05, 4.69) is 4.74 Å². The summed E-state index contributed by atoms with van der Waals surface area (Å²) in [7, 11) is 0. The molecule has 3 aromatic carbocycles. The lowest BCUT2D eigenvalue weighted by atomic mass is 10.00. The fraction of sp³-hybridized carbons (Fsp3) is 0.158. The number of hydrogen-bond acceptors (Lipinski definition) is 2. The predicted octanol–water partition coefficient (Wildman–Crippen LogP) is 5.79. The van der Waals surface area contributed by atoms with Gasteiger partial charge in [0.15, 0.2) is 0 Å². The molecule has 0 atom stereocenters. The Kier molecular flexibility index (Phi) is 4.79. The molecule has 3 rings (SSSR count). The molecule has 2 nitrogen and oxygen atoms in total. The van der Waals surface area contributed by atoms with E-state index >= 15 is 0 Å². The highest BCUT2D eigenvalue weighted by atomic mass is 19.3. The molecule has 0 saturated carbocycles. The van der Waals surface area contributed by atoms with Crippen molar-refractivity contribution in [3.63, 3.8) is 0 Å². The summed E-state index contributed by atoms with van der Waals surface area (Å²) in [5.74, 6) is -1.33. The number of rotatable bonds is 5. The van der Waals surface area contributed by atoms with E-state index in [1.54, 1.807) is 25.1 Å². The second-order valence-electron chi connectivity index (χ2n) is 5.30. The molecule has 0 amide bonds. The van der Waals surface area contributed by atoms with Crippen LogP contribution in [0.4, 0.5) is 17.6 Å². The van der Waals surface area contributed by atoms with Crippen LogP contribution in [0, 0.1) is 11.6 Å². The summed E-state index contributed by atoms with van der Waals surface area (Å²) in [6.07, 6.45) is 0. The first-order chi connectivity index (χ1) is 12.0. The highest BCUT2D eigenvalue weighted by molar-refractivity contribution is 5.88. The summed E-state index contributed by atoms with van der Waals surface area (Å²) in [5.41, 5.74) is 0.173. The lowest BCUT2D eigenvalue weighted by Crippen LogP contribution is -2.01. The van der Waals surface area contributed by atoms with Crippen molar-refractivity contribution in [2.24, 2.45) is 0 Å². The Morgan fingerprint density at radius 2 is 1.48 bits per heavy atom. The topological polar surface area (TPSA) is 18.5 Å². The van der Waals surface area contributed by atoms with Crippen LogP contribution in [-0.4, -0.2) is 13.2 Å². The molecule has 0 aliphatic rings. The first-order valence-corrected chi connectivity index (χ1v) is 7.58. The van der Waals surface area contributed by atoms with E-state index in [0.717, 1.165) is 12.1 Å². The molecule has 0 N–H and O–H groups in total. The van der Waals surface area contributed by atoms with Gasteiger partial charge in [-0.3, -0.25) is 0 Å². The summed E-state index contributed by atoms with van der Waals surface area (Å²) in [6.45, 7) is -0.889. The SMILES string of the molecule is CCOc1cc(F)c(-c2ccc3cc(OC(F)F)ccc3c2)c(F)c1. The molecule has 0 bridgehead atoms. The van der Waals surface area contributed by atoms with Crippen molar-refractivity contribution >= 4 is 10.8 Å². The van der Waals surface area contributed by atoms with E-state index in [1.807, 2.05) is 0 Å². The van der Waals surface area contributed by atoms with Gasteiger partial charge in [-0.05, 0) is 41.5 Å². The maximum Gasteiger partial charge on any atom is 0.387 e. The van der Waals surface area contributed by atoms with Crippen LogP contribution < -0.4 is 9.47 Å². The van der Waals surface area contributed by atoms with E-state index in [-0.39, 0.29) is 17.1 Å². The third kappa shape index (κ3) is 3.68. The highest BCUT2D eigenvalue weighted by Gasteiger charge is 2.15. The van der Waals surface area contributed by atoms with Crippen molar-refractivity contribution < 1.29 is 27.0 Å². The summed E-state index contributed by atoms with van der Waals surface area (Å²) in [5, 5.41) is 1.26. The lowest BCUT2D eigenvalue weighted by Gasteiger charge is -2.11. The van der Waals surface area contributed by atoms with Gasteiger partial charge in [0.1, 0.15) is 23.1 Å². The van der Waals surface area contributed by atoms with Gasteiger partial charge in [-0.25, -0.2) is 8.78 Å². The standard InChI is InChI=1S/C19H14F4O2/c1-2-24-15-9-16(20)18(17(21)10-15)13-4-3-12-8-14(25-19(22)23)6-5-11(12)7-13/h3-10,19H,2H2,1H3. The maximum atomic E-state index is 14.3. The Labute approximate surface area is 141 Å². The van der Waals surface area contributed by atoms with Gasteiger partial charge in [-0.15, -0.1) is 0 Å². The molecule has 0 fully saturated rings. The Morgan fingerprint density at radius 3 is 2.12 bits per heavy atom. The van der Waals surface area contributed by atoms with E-state index in [1.165, 1.54) is 18.2 Å².